The minimum absolute atomic E-state index is 0.489. The van der Waals surface area contributed by atoms with Gasteiger partial charge in [0, 0.05) is 11.3 Å². The second kappa shape index (κ2) is 7.33. The first-order chi connectivity index (χ1) is 10.4. The summed E-state index contributed by atoms with van der Waals surface area (Å²) in [6.07, 6.45) is 4.05. The first kappa shape index (κ1) is 14.2. The predicted octanol–water partition coefficient (Wildman–Crippen LogP) is 3.16. The Morgan fingerprint density at radius 2 is 2.10 bits per heavy atom. The van der Waals surface area contributed by atoms with Crippen LogP contribution in [0.15, 0.2) is 40.9 Å². The molecule has 1 aromatic carbocycles. The third-order valence-corrected chi connectivity index (χ3v) is 4.59. The molecule has 1 aliphatic rings. The molecule has 0 aliphatic carbocycles. The van der Waals surface area contributed by atoms with Gasteiger partial charge in [-0.15, -0.1) is 11.3 Å². The van der Waals surface area contributed by atoms with Crippen molar-refractivity contribution in [2.75, 3.05) is 13.1 Å². The number of hydrogen-bond acceptors (Lipinski definition) is 5. The maximum Gasteiger partial charge on any atom is 0.142 e. The van der Waals surface area contributed by atoms with Gasteiger partial charge in [-0.2, -0.15) is 0 Å². The van der Waals surface area contributed by atoms with Gasteiger partial charge in [-0.25, -0.2) is 4.98 Å². The summed E-state index contributed by atoms with van der Waals surface area (Å²) in [4.78, 5) is 9.94. The number of hydrogen-bond donors (Lipinski definition) is 1. The molecule has 0 spiro atoms. The van der Waals surface area contributed by atoms with E-state index in [0.29, 0.717) is 12.5 Å². The molecule has 0 saturated carbocycles. The van der Waals surface area contributed by atoms with Crippen molar-refractivity contribution >= 4 is 17.6 Å². The van der Waals surface area contributed by atoms with Crippen LogP contribution in [-0.2, 0) is 11.4 Å². The van der Waals surface area contributed by atoms with E-state index in [-0.39, 0.29) is 0 Å². The number of piperidine rings is 1. The van der Waals surface area contributed by atoms with Crippen molar-refractivity contribution in [3.8, 4) is 0 Å². The standard InChI is InChI=1S/C16H19N3OS/c1-2-4-13(5-3-1)11-20-18-10-15-12-21-16(19-15)14-6-8-17-9-7-14/h1-5,10,12,14,17H,6-9,11H2/b18-10+. The Labute approximate surface area is 128 Å². The molecule has 0 bridgehead atoms. The average Bonchev–Trinajstić information content (AvgIpc) is 3.02. The van der Waals surface area contributed by atoms with E-state index in [1.165, 1.54) is 17.8 Å². The number of rotatable bonds is 5. The fourth-order valence-electron chi connectivity index (χ4n) is 2.39. The first-order valence-electron chi connectivity index (χ1n) is 7.27. The minimum atomic E-state index is 0.489. The van der Waals surface area contributed by atoms with Crippen LogP contribution in [0, 0.1) is 0 Å². The van der Waals surface area contributed by atoms with Gasteiger partial charge in [0.2, 0.25) is 0 Å². The Balaban J connectivity index is 1.51. The zero-order valence-corrected chi connectivity index (χ0v) is 12.7. The van der Waals surface area contributed by atoms with Crippen LogP contribution in [0.25, 0.3) is 0 Å². The van der Waals surface area contributed by atoms with E-state index >= 15 is 0 Å². The summed E-state index contributed by atoms with van der Waals surface area (Å²) in [7, 11) is 0. The first-order valence-corrected chi connectivity index (χ1v) is 8.15. The minimum Gasteiger partial charge on any atom is -0.391 e. The number of benzene rings is 1. The van der Waals surface area contributed by atoms with E-state index in [1.54, 1.807) is 17.6 Å². The van der Waals surface area contributed by atoms with E-state index in [9.17, 15) is 0 Å². The number of nitrogens with zero attached hydrogens (tertiary/aromatic N) is 2. The number of thiazole rings is 1. The van der Waals surface area contributed by atoms with Crippen LogP contribution in [0.3, 0.4) is 0 Å². The third-order valence-electron chi connectivity index (χ3n) is 3.56. The van der Waals surface area contributed by atoms with E-state index in [2.05, 4.69) is 15.5 Å². The zero-order chi connectivity index (χ0) is 14.3. The summed E-state index contributed by atoms with van der Waals surface area (Å²) < 4.78 is 0. The maximum absolute atomic E-state index is 5.30. The van der Waals surface area contributed by atoms with Gasteiger partial charge in [-0.3, -0.25) is 0 Å². The van der Waals surface area contributed by atoms with Gasteiger partial charge in [0.1, 0.15) is 6.61 Å². The zero-order valence-electron chi connectivity index (χ0n) is 11.9. The van der Waals surface area contributed by atoms with Crippen LogP contribution >= 0.6 is 11.3 Å². The molecule has 1 aliphatic heterocycles. The van der Waals surface area contributed by atoms with Crippen molar-refractivity contribution in [1.82, 2.24) is 10.3 Å². The maximum atomic E-state index is 5.30. The van der Waals surface area contributed by atoms with Crippen LogP contribution in [0.2, 0.25) is 0 Å². The second-order valence-corrected chi connectivity index (χ2v) is 6.02. The topological polar surface area (TPSA) is 46.5 Å². The molecule has 4 nitrogen and oxygen atoms in total. The summed E-state index contributed by atoms with van der Waals surface area (Å²) >= 11 is 1.72. The van der Waals surface area contributed by atoms with Gasteiger partial charge >= 0.3 is 0 Å². The van der Waals surface area contributed by atoms with E-state index in [1.807, 2.05) is 35.7 Å². The van der Waals surface area contributed by atoms with Gasteiger partial charge < -0.3 is 10.2 Å². The summed E-state index contributed by atoms with van der Waals surface area (Å²) in [5, 5.41) is 10.7. The summed E-state index contributed by atoms with van der Waals surface area (Å²) in [6, 6.07) is 10.0. The van der Waals surface area contributed by atoms with Crippen molar-refractivity contribution in [2.24, 2.45) is 5.16 Å². The molecule has 0 amide bonds. The summed E-state index contributed by atoms with van der Waals surface area (Å²) in [5.41, 5.74) is 2.00. The van der Waals surface area contributed by atoms with E-state index in [4.69, 9.17) is 4.84 Å². The second-order valence-electron chi connectivity index (χ2n) is 5.13. The summed E-state index contributed by atoms with van der Waals surface area (Å²) in [5.74, 6) is 0.601. The normalized spacial score (nSPS) is 16.4. The molecule has 0 unspecified atom stereocenters. The van der Waals surface area contributed by atoms with Crippen LogP contribution in [0.1, 0.15) is 35.0 Å². The molecular formula is C16H19N3OS. The van der Waals surface area contributed by atoms with Gasteiger partial charge in [0.15, 0.2) is 0 Å². The Hall–Kier alpha value is -1.72. The van der Waals surface area contributed by atoms with E-state index < -0.39 is 0 Å². The Morgan fingerprint density at radius 1 is 1.29 bits per heavy atom. The van der Waals surface area contributed by atoms with Crippen LogP contribution in [0.5, 0.6) is 0 Å². The van der Waals surface area contributed by atoms with Gasteiger partial charge in [0.25, 0.3) is 0 Å². The highest BCUT2D eigenvalue weighted by molar-refractivity contribution is 7.09. The molecule has 5 heteroatoms. The number of oxime groups is 1. The lowest BCUT2D eigenvalue weighted by molar-refractivity contribution is 0.132. The molecule has 1 saturated heterocycles. The van der Waals surface area contributed by atoms with Crippen molar-refractivity contribution in [3.05, 3.63) is 52.0 Å². The molecule has 3 rings (SSSR count). The molecule has 1 aromatic heterocycles. The van der Waals surface area contributed by atoms with E-state index in [0.717, 1.165) is 24.3 Å². The lowest BCUT2D eigenvalue weighted by atomic mass is 9.99. The lowest BCUT2D eigenvalue weighted by Gasteiger charge is -2.20. The van der Waals surface area contributed by atoms with Crippen molar-refractivity contribution in [1.29, 1.82) is 0 Å². The van der Waals surface area contributed by atoms with Crippen LogP contribution in [0.4, 0.5) is 0 Å². The third kappa shape index (κ3) is 4.12. The number of aromatic nitrogens is 1. The molecule has 2 aromatic rings. The largest absolute Gasteiger partial charge is 0.391 e. The SMILES string of the molecule is C(=N\OCc1ccccc1)/c1csc(C2CCNCC2)n1. The lowest BCUT2D eigenvalue weighted by Crippen LogP contribution is -2.26. The monoisotopic (exact) mass is 301 g/mol. The van der Waals surface area contributed by atoms with Gasteiger partial charge in [0.05, 0.1) is 16.9 Å². The highest BCUT2D eigenvalue weighted by Gasteiger charge is 2.17. The highest BCUT2D eigenvalue weighted by Crippen LogP contribution is 2.27. The van der Waals surface area contributed by atoms with Crippen molar-refractivity contribution in [2.45, 2.75) is 25.4 Å². The Kier molecular flexibility index (Phi) is 4.97. The van der Waals surface area contributed by atoms with Crippen molar-refractivity contribution < 1.29 is 4.84 Å². The predicted molar refractivity (Wildman–Crippen MR) is 85.8 cm³/mol. The molecule has 110 valence electrons. The van der Waals surface area contributed by atoms with Crippen LogP contribution in [-0.4, -0.2) is 24.3 Å². The van der Waals surface area contributed by atoms with Gasteiger partial charge in [-0.1, -0.05) is 35.5 Å². The molecule has 1 fully saturated rings. The molecule has 0 radical (unpaired) electrons. The Bertz CT molecular complexity index is 576. The fourth-order valence-corrected chi connectivity index (χ4v) is 3.34. The molecule has 2 heterocycles. The highest BCUT2D eigenvalue weighted by atomic mass is 32.1. The van der Waals surface area contributed by atoms with Crippen molar-refractivity contribution in [3.63, 3.8) is 0 Å². The van der Waals surface area contributed by atoms with Gasteiger partial charge in [-0.05, 0) is 31.5 Å². The smallest absolute Gasteiger partial charge is 0.142 e. The molecule has 1 N–H and O–H groups in total. The average molecular weight is 301 g/mol. The number of nitrogens with one attached hydrogen (secondary N) is 1. The molecular weight excluding hydrogens is 282 g/mol. The van der Waals surface area contributed by atoms with Crippen LogP contribution < -0.4 is 5.32 Å². The molecule has 0 atom stereocenters. The summed E-state index contributed by atoms with van der Waals surface area (Å²) in [6.45, 7) is 2.67. The fraction of sp³-hybridized carbons (Fsp3) is 0.375. The quantitative estimate of drug-likeness (QED) is 0.681. The Morgan fingerprint density at radius 3 is 2.90 bits per heavy atom. The molecule has 21 heavy (non-hydrogen) atoms.